The Morgan fingerprint density at radius 2 is 1.95 bits per heavy atom. The standard InChI is InChI=1S/C14H9N3O3/c1-20-12(18)8-17-11-5-3-2-4-10(11)13(14(17)19)9(6-15)7-16/h2-5H,8H2,1H3. The second kappa shape index (κ2) is 5.25. The third-order valence-corrected chi connectivity index (χ3v) is 2.91. The fraction of sp³-hybridized carbons (Fsp3) is 0.143. The van der Waals surface area contributed by atoms with Crippen molar-refractivity contribution in [1.82, 2.24) is 0 Å². The van der Waals surface area contributed by atoms with Crippen LogP contribution >= 0.6 is 0 Å². The molecule has 0 unspecified atom stereocenters. The van der Waals surface area contributed by atoms with E-state index in [1.54, 1.807) is 36.4 Å². The summed E-state index contributed by atoms with van der Waals surface area (Å²) in [6.45, 7) is -0.264. The zero-order chi connectivity index (χ0) is 14.7. The maximum atomic E-state index is 12.3. The first-order chi connectivity index (χ1) is 9.63. The number of para-hydroxylation sites is 1. The van der Waals surface area contributed by atoms with Crippen LogP contribution in [0.1, 0.15) is 5.56 Å². The first-order valence-electron chi connectivity index (χ1n) is 5.66. The van der Waals surface area contributed by atoms with Gasteiger partial charge in [0.25, 0.3) is 5.91 Å². The molecule has 0 saturated heterocycles. The van der Waals surface area contributed by atoms with Gasteiger partial charge >= 0.3 is 5.97 Å². The van der Waals surface area contributed by atoms with Crippen molar-refractivity contribution in [1.29, 1.82) is 10.5 Å². The molecular weight excluding hydrogens is 258 g/mol. The van der Waals surface area contributed by atoms with Crippen LogP contribution in [0.2, 0.25) is 0 Å². The number of carbonyl (C=O) groups is 2. The lowest BCUT2D eigenvalue weighted by Crippen LogP contribution is -2.33. The van der Waals surface area contributed by atoms with E-state index in [-0.39, 0.29) is 17.7 Å². The molecule has 0 N–H and O–H groups in total. The predicted octanol–water partition coefficient (Wildman–Crippen LogP) is 1.01. The number of ether oxygens (including phenoxy) is 1. The van der Waals surface area contributed by atoms with Gasteiger partial charge in [-0.05, 0) is 6.07 Å². The molecule has 2 rings (SSSR count). The molecule has 6 heteroatoms. The minimum Gasteiger partial charge on any atom is -0.468 e. The molecule has 0 saturated carbocycles. The summed E-state index contributed by atoms with van der Waals surface area (Å²) in [6, 6.07) is 10.1. The zero-order valence-electron chi connectivity index (χ0n) is 10.6. The molecule has 0 spiro atoms. The molecule has 1 aromatic rings. The Hall–Kier alpha value is -3.12. The number of nitriles is 2. The van der Waals surface area contributed by atoms with Crippen molar-refractivity contribution in [3.05, 3.63) is 35.4 Å². The van der Waals surface area contributed by atoms with Gasteiger partial charge in [-0.2, -0.15) is 10.5 Å². The molecule has 0 aliphatic carbocycles. The van der Waals surface area contributed by atoms with Crippen LogP contribution in [0.3, 0.4) is 0 Å². The average Bonchev–Trinajstić information content (AvgIpc) is 2.74. The lowest BCUT2D eigenvalue weighted by atomic mass is 10.0. The van der Waals surface area contributed by atoms with E-state index in [4.69, 9.17) is 10.5 Å². The van der Waals surface area contributed by atoms with Crippen LogP contribution in [0.4, 0.5) is 5.69 Å². The lowest BCUT2D eigenvalue weighted by molar-refractivity contribution is -0.139. The van der Waals surface area contributed by atoms with Gasteiger partial charge in [-0.3, -0.25) is 14.5 Å². The second-order valence-corrected chi connectivity index (χ2v) is 3.96. The highest BCUT2D eigenvalue weighted by atomic mass is 16.5. The van der Waals surface area contributed by atoms with E-state index in [0.717, 1.165) is 0 Å². The number of fused-ring (bicyclic) bond motifs is 1. The molecular formula is C14H9N3O3. The van der Waals surface area contributed by atoms with E-state index >= 15 is 0 Å². The lowest BCUT2D eigenvalue weighted by Gasteiger charge is -2.14. The fourth-order valence-electron chi connectivity index (χ4n) is 2.01. The number of hydrogen-bond donors (Lipinski definition) is 0. The topological polar surface area (TPSA) is 94.2 Å². The van der Waals surface area contributed by atoms with Gasteiger partial charge in [-0.25, -0.2) is 0 Å². The first-order valence-corrected chi connectivity index (χ1v) is 5.66. The largest absolute Gasteiger partial charge is 0.468 e. The second-order valence-electron chi connectivity index (χ2n) is 3.96. The third kappa shape index (κ3) is 2.00. The molecule has 1 aromatic carbocycles. The summed E-state index contributed by atoms with van der Waals surface area (Å²) >= 11 is 0. The van der Waals surface area contributed by atoms with Gasteiger partial charge in [0.2, 0.25) is 0 Å². The Morgan fingerprint density at radius 3 is 2.55 bits per heavy atom. The summed E-state index contributed by atoms with van der Waals surface area (Å²) in [5.41, 5.74) is 0.713. The number of methoxy groups -OCH3 is 1. The van der Waals surface area contributed by atoms with Crippen LogP contribution in [0, 0.1) is 22.7 Å². The molecule has 0 bridgehead atoms. The van der Waals surface area contributed by atoms with Crippen LogP contribution in [-0.4, -0.2) is 25.5 Å². The highest BCUT2D eigenvalue weighted by Gasteiger charge is 2.35. The molecule has 1 amide bonds. The monoisotopic (exact) mass is 267 g/mol. The van der Waals surface area contributed by atoms with Crippen LogP contribution in [-0.2, 0) is 14.3 Å². The Labute approximate surface area is 115 Å². The summed E-state index contributed by atoms with van der Waals surface area (Å²) in [5, 5.41) is 17.9. The number of carbonyl (C=O) groups excluding carboxylic acids is 2. The summed E-state index contributed by atoms with van der Waals surface area (Å²) in [5.74, 6) is -1.13. The molecule has 98 valence electrons. The Bertz CT molecular complexity index is 691. The van der Waals surface area contributed by atoms with Crippen molar-refractivity contribution in [2.75, 3.05) is 18.6 Å². The Morgan fingerprint density at radius 1 is 1.30 bits per heavy atom. The number of benzene rings is 1. The Balaban J connectivity index is 2.60. The number of nitrogens with zero attached hydrogens (tertiary/aromatic N) is 3. The van der Waals surface area contributed by atoms with Crippen molar-refractivity contribution in [3.8, 4) is 12.1 Å². The van der Waals surface area contributed by atoms with Gasteiger partial charge in [-0.1, -0.05) is 18.2 Å². The zero-order valence-corrected chi connectivity index (χ0v) is 10.6. The number of esters is 1. The van der Waals surface area contributed by atoms with E-state index in [9.17, 15) is 9.59 Å². The van der Waals surface area contributed by atoms with Gasteiger partial charge in [0, 0.05) is 5.56 Å². The molecule has 1 aliphatic heterocycles. The number of hydrogen-bond acceptors (Lipinski definition) is 5. The van der Waals surface area contributed by atoms with Crippen LogP contribution in [0.5, 0.6) is 0 Å². The normalized spacial score (nSPS) is 12.4. The molecule has 1 heterocycles. The quantitative estimate of drug-likeness (QED) is 0.452. The number of rotatable bonds is 2. The maximum absolute atomic E-state index is 12.3. The Kier molecular flexibility index (Phi) is 3.49. The van der Waals surface area contributed by atoms with Crippen molar-refractivity contribution in [2.24, 2.45) is 0 Å². The van der Waals surface area contributed by atoms with Gasteiger partial charge in [0.15, 0.2) is 0 Å². The molecule has 0 fully saturated rings. The van der Waals surface area contributed by atoms with Crippen LogP contribution in [0.15, 0.2) is 29.8 Å². The van der Waals surface area contributed by atoms with E-state index < -0.39 is 11.9 Å². The van der Waals surface area contributed by atoms with E-state index in [0.29, 0.717) is 11.3 Å². The van der Waals surface area contributed by atoms with Crippen molar-refractivity contribution in [2.45, 2.75) is 0 Å². The minimum atomic E-state index is -0.579. The molecule has 20 heavy (non-hydrogen) atoms. The van der Waals surface area contributed by atoms with Gasteiger partial charge < -0.3 is 4.74 Å². The van der Waals surface area contributed by atoms with Crippen molar-refractivity contribution < 1.29 is 14.3 Å². The SMILES string of the molecule is COC(=O)CN1C(=O)C(=C(C#N)C#N)c2ccccc21. The highest BCUT2D eigenvalue weighted by molar-refractivity contribution is 6.34. The molecule has 6 nitrogen and oxygen atoms in total. The van der Waals surface area contributed by atoms with Crippen LogP contribution in [0.25, 0.3) is 5.57 Å². The molecule has 0 radical (unpaired) electrons. The van der Waals surface area contributed by atoms with Crippen molar-refractivity contribution in [3.63, 3.8) is 0 Å². The number of allylic oxidation sites excluding steroid dienone is 1. The summed E-state index contributed by atoms with van der Waals surface area (Å²) < 4.78 is 4.54. The number of amides is 1. The summed E-state index contributed by atoms with van der Waals surface area (Å²) in [7, 11) is 1.22. The van der Waals surface area contributed by atoms with Crippen molar-refractivity contribution >= 4 is 23.1 Å². The van der Waals surface area contributed by atoms with Gasteiger partial charge in [0.1, 0.15) is 24.3 Å². The maximum Gasteiger partial charge on any atom is 0.325 e. The highest BCUT2D eigenvalue weighted by Crippen LogP contribution is 2.37. The van der Waals surface area contributed by atoms with E-state index in [1.807, 2.05) is 0 Å². The molecule has 0 atom stereocenters. The van der Waals surface area contributed by atoms with E-state index in [1.165, 1.54) is 12.0 Å². The molecule has 1 aliphatic rings. The van der Waals surface area contributed by atoms with Gasteiger partial charge in [0.05, 0.1) is 18.4 Å². The van der Waals surface area contributed by atoms with E-state index in [2.05, 4.69) is 4.74 Å². The third-order valence-electron chi connectivity index (χ3n) is 2.91. The summed E-state index contributed by atoms with van der Waals surface area (Å²) in [4.78, 5) is 24.9. The van der Waals surface area contributed by atoms with Gasteiger partial charge in [-0.15, -0.1) is 0 Å². The first kappa shape index (κ1) is 13.3. The number of anilines is 1. The minimum absolute atomic E-state index is 0.0227. The predicted molar refractivity (Wildman–Crippen MR) is 69.0 cm³/mol. The van der Waals surface area contributed by atoms with Crippen LogP contribution < -0.4 is 4.90 Å². The average molecular weight is 267 g/mol. The smallest absolute Gasteiger partial charge is 0.325 e. The summed E-state index contributed by atoms with van der Waals surface area (Å²) in [6.07, 6.45) is 0. The molecule has 0 aromatic heterocycles. The fourth-order valence-corrected chi connectivity index (χ4v) is 2.01.